The van der Waals surface area contributed by atoms with Crippen LogP contribution >= 0.6 is 0 Å². The van der Waals surface area contributed by atoms with Gasteiger partial charge in [-0.2, -0.15) is 0 Å². The van der Waals surface area contributed by atoms with Crippen LogP contribution in [0.5, 0.6) is 0 Å². The number of carbonyl (C=O) groups is 1. The second kappa shape index (κ2) is 6.15. The van der Waals surface area contributed by atoms with Crippen molar-refractivity contribution in [1.29, 1.82) is 0 Å². The summed E-state index contributed by atoms with van der Waals surface area (Å²) in [5.74, 6) is -0.736. The van der Waals surface area contributed by atoms with Gasteiger partial charge in [-0.3, -0.25) is 4.79 Å². The summed E-state index contributed by atoms with van der Waals surface area (Å²) in [7, 11) is 0. The molecule has 0 heterocycles. The first-order chi connectivity index (χ1) is 8.06. The highest BCUT2D eigenvalue weighted by Gasteiger charge is 2.13. The standard InChI is InChI=1S/C13H16FNO2/c1-3-9(2)13(17)15-8-12(16)10-6-4-5-7-11(10)14/h3-7,12,16H,8H2,1-2H3,(H,15,17)/b9-3-. The first kappa shape index (κ1) is 13.4. The van der Waals surface area contributed by atoms with Crippen molar-refractivity contribution < 1.29 is 14.3 Å². The van der Waals surface area contributed by atoms with E-state index in [1.165, 1.54) is 12.1 Å². The fraction of sp³-hybridized carbons (Fsp3) is 0.308. The lowest BCUT2D eigenvalue weighted by Crippen LogP contribution is -2.29. The minimum Gasteiger partial charge on any atom is -0.386 e. The van der Waals surface area contributed by atoms with Gasteiger partial charge in [0.2, 0.25) is 5.91 Å². The monoisotopic (exact) mass is 237 g/mol. The number of carbonyl (C=O) groups excluding carboxylic acids is 1. The van der Waals surface area contributed by atoms with Crippen LogP contribution in [0.2, 0.25) is 0 Å². The predicted molar refractivity (Wildman–Crippen MR) is 63.8 cm³/mol. The van der Waals surface area contributed by atoms with Crippen LogP contribution in [0.4, 0.5) is 4.39 Å². The van der Waals surface area contributed by atoms with Crippen LogP contribution in [-0.2, 0) is 4.79 Å². The highest BCUT2D eigenvalue weighted by Crippen LogP contribution is 2.15. The molecule has 0 fully saturated rings. The maximum Gasteiger partial charge on any atom is 0.246 e. The molecule has 17 heavy (non-hydrogen) atoms. The molecular formula is C13H16FNO2. The van der Waals surface area contributed by atoms with Gasteiger partial charge in [0, 0.05) is 17.7 Å². The zero-order valence-electron chi connectivity index (χ0n) is 9.90. The lowest BCUT2D eigenvalue weighted by Gasteiger charge is -2.13. The Balaban J connectivity index is 2.59. The zero-order valence-corrected chi connectivity index (χ0v) is 9.90. The zero-order chi connectivity index (χ0) is 12.8. The van der Waals surface area contributed by atoms with Crippen molar-refractivity contribution in [3.05, 3.63) is 47.3 Å². The molecule has 0 aliphatic rings. The third-order valence-electron chi connectivity index (χ3n) is 2.51. The van der Waals surface area contributed by atoms with Crippen LogP contribution in [0.3, 0.4) is 0 Å². The van der Waals surface area contributed by atoms with E-state index in [0.29, 0.717) is 5.57 Å². The molecule has 4 heteroatoms. The molecule has 1 amide bonds. The highest BCUT2D eigenvalue weighted by molar-refractivity contribution is 5.92. The summed E-state index contributed by atoms with van der Waals surface area (Å²) < 4.78 is 13.3. The smallest absolute Gasteiger partial charge is 0.246 e. The van der Waals surface area contributed by atoms with Gasteiger partial charge >= 0.3 is 0 Å². The summed E-state index contributed by atoms with van der Waals surface area (Å²) in [6.07, 6.45) is 0.634. The number of amides is 1. The van der Waals surface area contributed by atoms with Gasteiger partial charge < -0.3 is 10.4 Å². The third-order valence-corrected chi connectivity index (χ3v) is 2.51. The summed E-state index contributed by atoms with van der Waals surface area (Å²) in [5, 5.41) is 12.3. The lowest BCUT2D eigenvalue weighted by atomic mass is 10.1. The molecule has 0 bridgehead atoms. The molecule has 92 valence electrons. The van der Waals surface area contributed by atoms with E-state index in [9.17, 15) is 14.3 Å². The van der Waals surface area contributed by atoms with Crippen LogP contribution in [0.1, 0.15) is 25.5 Å². The Kier molecular flexibility index (Phi) is 4.84. The van der Waals surface area contributed by atoms with Crippen molar-refractivity contribution in [3.63, 3.8) is 0 Å². The van der Waals surface area contributed by atoms with Crippen molar-refractivity contribution in [2.24, 2.45) is 0 Å². The van der Waals surface area contributed by atoms with Gasteiger partial charge in [0.05, 0.1) is 6.10 Å². The summed E-state index contributed by atoms with van der Waals surface area (Å²) >= 11 is 0. The quantitative estimate of drug-likeness (QED) is 0.786. The molecule has 0 radical (unpaired) electrons. The van der Waals surface area contributed by atoms with Crippen molar-refractivity contribution in [3.8, 4) is 0 Å². The van der Waals surface area contributed by atoms with E-state index in [2.05, 4.69) is 5.32 Å². The molecule has 1 aromatic carbocycles. The SMILES string of the molecule is C/C=C(/C)C(=O)NCC(O)c1ccccc1F. The van der Waals surface area contributed by atoms with E-state index in [1.807, 2.05) is 0 Å². The Morgan fingerprint density at radius 3 is 2.76 bits per heavy atom. The van der Waals surface area contributed by atoms with Crippen LogP contribution < -0.4 is 5.32 Å². The van der Waals surface area contributed by atoms with E-state index in [4.69, 9.17) is 0 Å². The third kappa shape index (κ3) is 3.67. The number of rotatable bonds is 4. The Hall–Kier alpha value is -1.68. The fourth-order valence-electron chi connectivity index (χ4n) is 1.32. The molecule has 0 aromatic heterocycles. The first-order valence-corrected chi connectivity index (χ1v) is 5.40. The highest BCUT2D eigenvalue weighted by atomic mass is 19.1. The largest absolute Gasteiger partial charge is 0.386 e. The Morgan fingerprint density at radius 1 is 1.53 bits per heavy atom. The van der Waals surface area contributed by atoms with Gasteiger partial charge in [-0.15, -0.1) is 0 Å². The fourth-order valence-corrected chi connectivity index (χ4v) is 1.32. The molecule has 1 rings (SSSR count). The molecule has 1 atom stereocenters. The van der Waals surface area contributed by atoms with Crippen LogP contribution in [0.25, 0.3) is 0 Å². The minimum atomic E-state index is -1.04. The van der Waals surface area contributed by atoms with E-state index in [0.717, 1.165) is 0 Å². The molecule has 1 aromatic rings. The molecule has 3 nitrogen and oxygen atoms in total. The lowest BCUT2D eigenvalue weighted by molar-refractivity contribution is -0.117. The van der Waals surface area contributed by atoms with Crippen molar-refractivity contribution in [2.45, 2.75) is 20.0 Å². The van der Waals surface area contributed by atoms with Crippen LogP contribution in [0, 0.1) is 5.82 Å². The Labute approximate surface area is 100.0 Å². The predicted octanol–water partition coefficient (Wildman–Crippen LogP) is 1.94. The van der Waals surface area contributed by atoms with Gasteiger partial charge in [0.1, 0.15) is 5.82 Å². The average Bonchev–Trinajstić information content (AvgIpc) is 2.35. The summed E-state index contributed by atoms with van der Waals surface area (Å²) in [4.78, 5) is 11.4. The molecule has 0 aliphatic carbocycles. The molecule has 0 aliphatic heterocycles. The molecular weight excluding hydrogens is 221 g/mol. The summed E-state index contributed by atoms with van der Waals surface area (Å²) in [6.45, 7) is 3.41. The number of allylic oxidation sites excluding steroid dienone is 1. The van der Waals surface area contributed by atoms with E-state index < -0.39 is 11.9 Å². The maximum absolute atomic E-state index is 13.3. The molecule has 1 unspecified atom stereocenters. The van der Waals surface area contributed by atoms with Gasteiger partial charge in [-0.05, 0) is 19.9 Å². The van der Waals surface area contributed by atoms with Crippen LogP contribution in [0.15, 0.2) is 35.9 Å². The topological polar surface area (TPSA) is 49.3 Å². The minimum absolute atomic E-state index is 0.00898. The first-order valence-electron chi connectivity index (χ1n) is 5.40. The summed E-state index contributed by atoms with van der Waals surface area (Å²) in [6, 6.07) is 5.96. The molecule has 0 spiro atoms. The van der Waals surface area contributed by atoms with Crippen molar-refractivity contribution >= 4 is 5.91 Å². The summed E-state index contributed by atoms with van der Waals surface area (Å²) in [5.41, 5.74) is 0.747. The molecule has 0 saturated heterocycles. The van der Waals surface area contributed by atoms with Gasteiger partial charge in [0.25, 0.3) is 0 Å². The van der Waals surface area contributed by atoms with Crippen LogP contribution in [-0.4, -0.2) is 17.6 Å². The van der Waals surface area contributed by atoms with Gasteiger partial charge in [-0.1, -0.05) is 24.3 Å². The number of halogens is 1. The number of aliphatic hydroxyl groups is 1. The normalized spacial score (nSPS) is 13.3. The van der Waals surface area contributed by atoms with Crippen molar-refractivity contribution in [2.75, 3.05) is 6.54 Å². The second-order valence-electron chi connectivity index (χ2n) is 3.72. The molecule has 0 saturated carbocycles. The Bertz CT molecular complexity index is 429. The Morgan fingerprint density at radius 2 is 2.18 bits per heavy atom. The maximum atomic E-state index is 13.3. The van der Waals surface area contributed by atoms with E-state index in [1.54, 1.807) is 32.1 Å². The van der Waals surface area contributed by atoms with E-state index >= 15 is 0 Å². The van der Waals surface area contributed by atoms with E-state index in [-0.39, 0.29) is 18.0 Å². The van der Waals surface area contributed by atoms with Gasteiger partial charge in [-0.25, -0.2) is 4.39 Å². The second-order valence-corrected chi connectivity index (χ2v) is 3.72. The number of nitrogens with one attached hydrogen (secondary N) is 1. The number of hydrogen-bond acceptors (Lipinski definition) is 2. The number of aliphatic hydroxyl groups excluding tert-OH is 1. The number of hydrogen-bond donors (Lipinski definition) is 2. The van der Waals surface area contributed by atoms with Gasteiger partial charge in [0.15, 0.2) is 0 Å². The molecule has 2 N–H and O–H groups in total. The van der Waals surface area contributed by atoms with Crippen molar-refractivity contribution in [1.82, 2.24) is 5.32 Å². The average molecular weight is 237 g/mol. The number of benzene rings is 1.